The second kappa shape index (κ2) is 6.98. The molecule has 0 amide bonds. The molecule has 0 fully saturated rings. The molecule has 3 rings (SSSR count). The van der Waals surface area contributed by atoms with Crippen LogP contribution in [0.4, 0.5) is 5.69 Å². The van der Waals surface area contributed by atoms with E-state index < -0.39 is 16.9 Å². The van der Waals surface area contributed by atoms with Crippen molar-refractivity contribution in [3.8, 4) is 5.75 Å². The predicted octanol–water partition coefficient (Wildman–Crippen LogP) is 2.86. The van der Waals surface area contributed by atoms with Gasteiger partial charge in [0.15, 0.2) is 5.70 Å². The van der Waals surface area contributed by atoms with E-state index >= 15 is 0 Å². The molecule has 0 saturated carbocycles. The van der Waals surface area contributed by atoms with Crippen LogP contribution in [0.2, 0.25) is 0 Å². The van der Waals surface area contributed by atoms with Gasteiger partial charge in [0, 0.05) is 30.2 Å². The number of esters is 2. The smallest absolute Gasteiger partial charge is 0.363 e. The van der Waals surface area contributed by atoms with Crippen LogP contribution in [-0.2, 0) is 14.3 Å². The van der Waals surface area contributed by atoms with Crippen LogP contribution >= 0.6 is 0 Å². The fourth-order valence-electron chi connectivity index (χ4n) is 2.28. The molecule has 0 saturated heterocycles. The lowest BCUT2D eigenvalue weighted by Gasteiger charge is -2.04. The molecule has 8 nitrogen and oxygen atoms in total. The third-order valence-electron chi connectivity index (χ3n) is 3.39. The van der Waals surface area contributed by atoms with Crippen LogP contribution in [0, 0.1) is 10.1 Å². The standard InChI is InChI=1S/C18H12N2O6/c1-11(21)25-16-8-3-2-5-12(16)10-15-18(22)26-17(19-15)13-6-4-7-14(9-13)20(23)24/h2-10H,1H3/b15-10+. The molecule has 8 heteroatoms. The van der Waals surface area contributed by atoms with E-state index in [2.05, 4.69) is 4.99 Å². The zero-order valence-electron chi connectivity index (χ0n) is 13.5. The number of nitro groups is 1. The summed E-state index contributed by atoms with van der Waals surface area (Å²) in [5.74, 6) is -0.955. The number of carbonyl (C=O) groups excluding carboxylic acids is 2. The summed E-state index contributed by atoms with van der Waals surface area (Å²) < 4.78 is 10.2. The van der Waals surface area contributed by atoms with Crippen molar-refractivity contribution in [3.63, 3.8) is 0 Å². The lowest BCUT2D eigenvalue weighted by atomic mass is 10.1. The summed E-state index contributed by atoms with van der Waals surface area (Å²) in [5, 5.41) is 10.9. The van der Waals surface area contributed by atoms with Crippen LogP contribution in [-0.4, -0.2) is 22.8 Å². The van der Waals surface area contributed by atoms with Gasteiger partial charge >= 0.3 is 11.9 Å². The Kier molecular flexibility index (Phi) is 4.57. The van der Waals surface area contributed by atoms with E-state index in [0.717, 1.165) is 0 Å². The van der Waals surface area contributed by atoms with E-state index in [0.29, 0.717) is 11.1 Å². The maximum absolute atomic E-state index is 12.1. The number of benzene rings is 2. The molecule has 130 valence electrons. The first-order valence-corrected chi connectivity index (χ1v) is 7.49. The van der Waals surface area contributed by atoms with E-state index in [1.165, 1.54) is 31.2 Å². The summed E-state index contributed by atoms with van der Waals surface area (Å²) in [6.07, 6.45) is 1.42. The zero-order valence-corrected chi connectivity index (χ0v) is 13.5. The number of hydrogen-bond donors (Lipinski definition) is 0. The van der Waals surface area contributed by atoms with E-state index in [1.54, 1.807) is 30.3 Å². The summed E-state index contributed by atoms with van der Waals surface area (Å²) in [4.78, 5) is 37.7. The molecule has 0 atom stereocenters. The Morgan fingerprint density at radius 3 is 2.73 bits per heavy atom. The second-order valence-corrected chi connectivity index (χ2v) is 5.27. The minimum absolute atomic E-state index is 0.00823. The highest BCUT2D eigenvalue weighted by Crippen LogP contribution is 2.25. The summed E-state index contributed by atoms with van der Waals surface area (Å²) in [7, 11) is 0. The Balaban J connectivity index is 1.96. The molecular weight excluding hydrogens is 340 g/mol. The largest absolute Gasteiger partial charge is 0.426 e. The Hall–Kier alpha value is -3.81. The average Bonchev–Trinajstić information content (AvgIpc) is 2.97. The lowest BCUT2D eigenvalue weighted by molar-refractivity contribution is -0.384. The SMILES string of the molecule is CC(=O)Oc1ccccc1/C=C1/N=C(c2cccc([N+](=O)[O-])c2)OC1=O. The van der Waals surface area contributed by atoms with Crippen LogP contribution in [0.15, 0.2) is 59.2 Å². The molecule has 0 N–H and O–H groups in total. The quantitative estimate of drug-likeness (QED) is 0.275. The van der Waals surface area contributed by atoms with Gasteiger partial charge in [-0.3, -0.25) is 14.9 Å². The van der Waals surface area contributed by atoms with Crippen LogP contribution in [0.5, 0.6) is 5.75 Å². The number of non-ortho nitro benzene ring substituents is 1. The van der Waals surface area contributed by atoms with Crippen LogP contribution in [0.1, 0.15) is 18.1 Å². The summed E-state index contributed by atoms with van der Waals surface area (Å²) in [6, 6.07) is 12.2. The van der Waals surface area contributed by atoms with Crippen molar-refractivity contribution in [2.24, 2.45) is 4.99 Å². The summed E-state index contributed by atoms with van der Waals surface area (Å²) in [5.41, 5.74) is 0.632. The van der Waals surface area contributed by atoms with Crippen LogP contribution in [0.25, 0.3) is 6.08 Å². The molecule has 2 aromatic rings. The van der Waals surface area contributed by atoms with Gasteiger partial charge in [0.05, 0.1) is 4.92 Å². The molecule has 0 spiro atoms. The Labute approximate surface area is 147 Å². The highest BCUT2D eigenvalue weighted by atomic mass is 16.6. The Morgan fingerprint density at radius 2 is 2.00 bits per heavy atom. The zero-order chi connectivity index (χ0) is 18.7. The molecule has 1 aliphatic heterocycles. The van der Waals surface area contributed by atoms with Crippen molar-refractivity contribution in [2.75, 3.05) is 0 Å². The van der Waals surface area contributed by atoms with Gasteiger partial charge in [-0.2, -0.15) is 0 Å². The minimum atomic E-state index is -0.705. The number of hydrogen-bond acceptors (Lipinski definition) is 7. The molecule has 0 aromatic heterocycles. The van der Waals surface area contributed by atoms with Gasteiger partial charge in [-0.05, 0) is 18.2 Å². The van der Waals surface area contributed by atoms with Crippen LogP contribution in [0.3, 0.4) is 0 Å². The van der Waals surface area contributed by atoms with Gasteiger partial charge in [-0.15, -0.1) is 0 Å². The van der Waals surface area contributed by atoms with Crippen molar-refractivity contribution in [1.82, 2.24) is 0 Å². The van der Waals surface area contributed by atoms with Crippen LogP contribution < -0.4 is 4.74 Å². The average molecular weight is 352 g/mol. The molecule has 2 aromatic carbocycles. The first-order chi connectivity index (χ1) is 12.4. The number of aliphatic imine (C=N–C) groups is 1. The predicted molar refractivity (Wildman–Crippen MR) is 91.5 cm³/mol. The second-order valence-electron chi connectivity index (χ2n) is 5.27. The first-order valence-electron chi connectivity index (χ1n) is 7.49. The number of nitro benzene ring substituents is 1. The summed E-state index contributed by atoms with van der Waals surface area (Å²) in [6.45, 7) is 1.27. The molecule has 1 heterocycles. The normalized spacial score (nSPS) is 14.7. The maximum Gasteiger partial charge on any atom is 0.363 e. The molecule has 0 aliphatic carbocycles. The van der Waals surface area contributed by atoms with E-state index in [-0.39, 0.29) is 23.0 Å². The lowest BCUT2D eigenvalue weighted by Crippen LogP contribution is -2.06. The Morgan fingerprint density at radius 1 is 1.23 bits per heavy atom. The molecule has 0 unspecified atom stereocenters. The number of para-hydroxylation sites is 1. The van der Waals surface area contributed by atoms with Crippen molar-refractivity contribution in [2.45, 2.75) is 6.92 Å². The van der Waals surface area contributed by atoms with Crippen molar-refractivity contribution in [1.29, 1.82) is 0 Å². The molecule has 0 bridgehead atoms. The minimum Gasteiger partial charge on any atom is -0.426 e. The Bertz CT molecular complexity index is 977. The summed E-state index contributed by atoms with van der Waals surface area (Å²) >= 11 is 0. The third-order valence-corrected chi connectivity index (χ3v) is 3.39. The molecular formula is C18H12N2O6. The number of cyclic esters (lactones) is 1. The van der Waals surface area contributed by atoms with Gasteiger partial charge in [0.1, 0.15) is 5.75 Å². The number of ether oxygens (including phenoxy) is 2. The number of carbonyl (C=O) groups is 2. The number of nitrogens with zero attached hydrogens (tertiary/aromatic N) is 2. The van der Waals surface area contributed by atoms with Gasteiger partial charge in [-0.25, -0.2) is 9.79 Å². The first kappa shape index (κ1) is 17.0. The van der Waals surface area contributed by atoms with Crippen molar-refractivity contribution in [3.05, 3.63) is 75.5 Å². The van der Waals surface area contributed by atoms with Gasteiger partial charge in [0.2, 0.25) is 5.90 Å². The third kappa shape index (κ3) is 3.64. The number of rotatable bonds is 4. The van der Waals surface area contributed by atoms with Gasteiger partial charge < -0.3 is 9.47 Å². The highest BCUT2D eigenvalue weighted by molar-refractivity contribution is 6.13. The van der Waals surface area contributed by atoms with E-state index in [9.17, 15) is 19.7 Å². The topological polar surface area (TPSA) is 108 Å². The van der Waals surface area contributed by atoms with E-state index in [1.807, 2.05) is 0 Å². The molecule has 26 heavy (non-hydrogen) atoms. The van der Waals surface area contributed by atoms with Crippen molar-refractivity contribution < 1.29 is 24.0 Å². The maximum atomic E-state index is 12.1. The van der Waals surface area contributed by atoms with Crippen molar-refractivity contribution >= 4 is 29.6 Å². The highest BCUT2D eigenvalue weighted by Gasteiger charge is 2.25. The molecule has 0 radical (unpaired) electrons. The fraction of sp³-hybridized carbons (Fsp3) is 0.0556. The fourth-order valence-corrected chi connectivity index (χ4v) is 2.28. The van der Waals surface area contributed by atoms with Gasteiger partial charge in [0.25, 0.3) is 5.69 Å². The van der Waals surface area contributed by atoms with Gasteiger partial charge in [-0.1, -0.05) is 24.3 Å². The monoisotopic (exact) mass is 352 g/mol. The van der Waals surface area contributed by atoms with E-state index in [4.69, 9.17) is 9.47 Å². The molecule has 1 aliphatic rings.